The first kappa shape index (κ1) is 18.9. The first-order valence-corrected chi connectivity index (χ1v) is 11.0. The van der Waals surface area contributed by atoms with E-state index in [1.807, 2.05) is 11.3 Å². The van der Waals surface area contributed by atoms with Gasteiger partial charge < -0.3 is 4.90 Å². The number of aryl methyl sites for hydroxylation is 1. The first-order chi connectivity index (χ1) is 13.0. The van der Waals surface area contributed by atoms with Crippen molar-refractivity contribution >= 4 is 16.5 Å². The van der Waals surface area contributed by atoms with Crippen molar-refractivity contribution in [1.82, 2.24) is 14.8 Å². The lowest BCUT2D eigenvalue weighted by molar-refractivity contribution is 0.0867. The molecule has 27 heavy (non-hydrogen) atoms. The third kappa shape index (κ3) is 4.53. The minimum Gasteiger partial charge on any atom is -0.354 e. The summed E-state index contributed by atoms with van der Waals surface area (Å²) in [6.07, 6.45) is 6.14. The maximum absolute atomic E-state index is 4.54. The van der Waals surface area contributed by atoms with Crippen LogP contribution in [0.3, 0.4) is 0 Å². The van der Waals surface area contributed by atoms with Gasteiger partial charge in [0.15, 0.2) is 5.13 Å². The fraction of sp³-hybridized carbons (Fsp3) is 0.591. The van der Waals surface area contributed by atoms with Crippen molar-refractivity contribution < 1.29 is 0 Å². The van der Waals surface area contributed by atoms with E-state index in [2.05, 4.69) is 71.2 Å². The zero-order valence-corrected chi connectivity index (χ0v) is 17.8. The van der Waals surface area contributed by atoms with Crippen LogP contribution in [0.2, 0.25) is 0 Å². The second-order valence-electron chi connectivity index (χ2n) is 8.77. The fourth-order valence-electron chi connectivity index (χ4n) is 4.81. The molecule has 0 unspecified atom stereocenters. The van der Waals surface area contributed by atoms with E-state index in [1.54, 1.807) is 0 Å². The van der Waals surface area contributed by atoms with Gasteiger partial charge in [-0.05, 0) is 50.3 Å². The Labute approximate surface area is 167 Å². The summed E-state index contributed by atoms with van der Waals surface area (Å²) in [6, 6.07) is 9.01. The number of piperidine rings is 1. The molecule has 4 nitrogen and oxygen atoms in total. The SMILES string of the molecule is Cc1cccc(CN2CCC[C@]3(CCN(Cc4cnc(N(C)C)s4)C3)C2)c1. The van der Waals surface area contributed by atoms with Crippen LogP contribution in [0.15, 0.2) is 30.5 Å². The Morgan fingerprint density at radius 1 is 1.11 bits per heavy atom. The average Bonchev–Trinajstić information content (AvgIpc) is 3.23. The van der Waals surface area contributed by atoms with Crippen molar-refractivity contribution in [2.75, 3.05) is 45.2 Å². The molecule has 0 radical (unpaired) electrons. The molecular formula is C22H32N4S. The molecule has 1 aromatic carbocycles. The molecule has 2 aliphatic rings. The number of aromatic nitrogens is 1. The van der Waals surface area contributed by atoms with Crippen LogP contribution in [0.5, 0.6) is 0 Å². The number of hydrogen-bond acceptors (Lipinski definition) is 5. The van der Waals surface area contributed by atoms with Crippen LogP contribution in [0.4, 0.5) is 5.13 Å². The molecule has 3 heterocycles. The number of likely N-dealkylation sites (tertiary alicyclic amines) is 2. The maximum Gasteiger partial charge on any atom is 0.185 e. The Bertz CT molecular complexity index is 771. The summed E-state index contributed by atoms with van der Waals surface area (Å²) in [6.45, 7) is 9.33. The third-order valence-corrected chi connectivity index (χ3v) is 7.20. The summed E-state index contributed by atoms with van der Waals surface area (Å²) in [5.41, 5.74) is 3.33. The average molecular weight is 385 g/mol. The normalized spacial score (nSPS) is 24.0. The quantitative estimate of drug-likeness (QED) is 0.777. The summed E-state index contributed by atoms with van der Waals surface area (Å²) < 4.78 is 0. The van der Waals surface area contributed by atoms with Gasteiger partial charge in [0.2, 0.25) is 0 Å². The largest absolute Gasteiger partial charge is 0.354 e. The fourth-order valence-corrected chi connectivity index (χ4v) is 5.68. The molecular weight excluding hydrogens is 352 g/mol. The van der Waals surface area contributed by atoms with Crippen molar-refractivity contribution in [3.05, 3.63) is 46.5 Å². The van der Waals surface area contributed by atoms with Gasteiger partial charge >= 0.3 is 0 Å². The summed E-state index contributed by atoms with van der Waals surface area (Å²) in [4.78, 5) is 13.4. The summed E-state index contributed by atoms with van der Waals surface area (Å²) in [5, 5.41) is 1.11. The summed E-state index contributed by atoms with van der Waals surface area (Å²) in [7, 11) is 4.14. The number of rotatable bonds is 5. The molecule has 0 bridgehead atoms. The van der Waals surface area contributed by atoms with Crippen molar-refractivity contribution in [2.24, 2.45) is 5.41 Å². The maximum atomic E-state index is 4.54. The van der Waals surface area contributed by atoms with Crippen LogP contribution in [0, 0.1) is 12.3 Å². The molecule has 2 aliphatic heterocycles. The van der Waals surface area contributed by atoms with Gasteiger partial charge in [-0.3, -0.25) is 9.80 Å². The molecule has 1 spiro atoms. The molecule has 0 N–H and O–H groups in total. The van der Waals surface area contributed by atoms with E-state index in [4.69, 9.17) is 0 Å². The van der Waals surface area contributed by atoms with Crippen molar-refractivity contribution in [1.29, 1.82) is 0 Å². The number of benzene rings is 1. The van der Waals surface area contributed by atoms with Gasteiger partial charge in [0.05, 0.1) is 0 Å². The van der Waals surface area contributed by atoms with E-state index in [0.29, 0.717) is 5.41 Å². The lowest BCUT2D eigenvalue weighted by Gasteiger charge is -2.40. The zero-order chi connectivity index (χ0) is 18.9. The van der Waals surface area contributed by atoms with Gasteiger partial charge in [0.25, 0.3) is 0 Å². The summed E-state index contributed by atoms with van der Waals surface area (Å²) >= 11 is 1.83. The molecule has 4 rings (SSSR count). The lowest BCUT2D eigenvalue weighted by atomic mass is 9.79. The van der Waals surface area contributed by atoms with Crippen LogP contribution in [-0.2, 0) is 13.1 Å². The van der Waals surface area contributed by atoms with E-state index in [9.17, 15) is 0 Å². The van der Waals surface area contributed by atoms with Crippen LogP contribution in [0.1, 0.15) is 35.3 Å². The highest BCUT2D eigenvalue weighted by Crippen LogP contribution is 2.40. The topological polar surface area (TPSA) is 22.6 Å². The van der Waals surface area contributed by atoms with Crippen LogP contribution in [0.25, 0.3) is 0 Å². The highest BCUT2D eigenvalue weighted by Gasteiger charge is 2.41. The van der Waals surface area contributed by atoms with Gasteiger partial charge in [-0.2, -0.15) is 0 Å². The van der Waals surface area contributed by atoms with Crippen molar-refractivity contribution in [2.45, 2.75) is 39.3 Å². The Morgan fingerprint density at radius 3 is 2.67 bits per heavy atom. The van der Waals surface area contributed by atoms with Gasteiger partial charge in [0.1, 0.15) is 0 Å². The lowest BCUT2D eigenvalue weighted by Crippen LogP contribution is -2.44. The third-order valence-electron chi connectivity index (χ3n) is 6.05. The Balaban J connectivity index is 1.35. The number of hydrogen-bond donors (Lipinski definition) is 0. The molecule has 146 valence electrons. The van der Waals surface area contributed by atoms with E-state index >= 15 is 0 Å². The number of thiazole rings is 1. The monoisotopic (exact) mass is 384 g/mol. The molecule has 1 atom stereocenters. The first-order valence-electron chi connectivity index (χ1n) is 10.1. The second kappa shape index (κ2) is 7.90. The smallest absolute Gasteiger partial charge is 0.185 e. The van der Waals surface area contributed by atoms with Crippen LogP contribution >= 0.6 is 11.3 Å². The van der Waals surface area contributed by atoms with E-state index in [-0.39, 0.29) is 0 Å². The van der Waals surface area contributed by atoms with Crippen LogP contribution < -0.4 is 4.90 Å². The Hall–Kier alpha value is -1.43. The number of anilines is 1. The van der Waals surface area contributed by atoms with E-state index < -0.39 is 0 Å². The van der Waals surface area contributed by atoms with Crippen molar-refractivity contribution in [3.63, 3.8) is 0 Å². The van der Waals surface area contributed by atoms with Gasteiger partial charge in [0, 0.05) is 51.3 Å². The van der Waals surface area contributed by atoms with Gasteiger partial charge in [-0.25, -0.2) is 4.98 Å². The molecule has 1 aromatic heterocycles. The minimum atomic E-state index is 0.497. The Kier molecular flexibility index (Phi) is 5.53. The highest BCUT2D eigenvalue weighted by molar-refractivity contribution is 7.15. The second-order valence-corrected chi connectivity index (χ2v) is 9.86. The minimum absolute atomic E-state index is 0.497. The van der Waals surface area contributed by atoms with E-state index in [1.165, 1.54) is 61.4 Å². The molecule has 2 saturated heterocycles. The molecule has 2 fully saturated rings. The predicted molar refractivity (Wildman–Crippen MR) is 114 cm³/mol. The molecule has 5 heteroatoms. The van der Waals surface area contributed by atoms with Crippen LogP contribution in [-0.4, -0.2) is 55.1 Å². The van der Waals surface area contributed by atoms with Crippen molar-refractivity contribution in [3.8, 4) is 0 Å². The molecule has 0 saturated carbocycles. The highest BCUT2D eigenvalue weighted by atomic mass is 32.1. The zero-order valence-electron chi connectivity index (χ0n) is 16.9. The van der Waals surface area contributed by atoms with Gasteiger partial charge in [-0.1, -0.05) is 29.8 Å². The van der Waals surface area contributed by atoms with E-state index in [0.717, 1.165) is 18.2 Å². The predicted octanol–water partition coefficient (Wildman–Crippen LogP) is 4.01. The Morgan fingerprint density at radius 2 is 1.93 bits per heavy atom. The van der Waals surface area contributed by atoms with Gasteiger partial charge in [-0.15, -0.1) is 11.3 Å². The molecule has 0 amide bonds. The summed E-state index contributed by atoms with van der Waals surface area (Å²) in [5.74, 6) is 0. The standard InChI is InChI=1S/C22H32N4S/c1-18-6-4-7-19(12-18)14-25-10-5-8-22(16-25)9-11-26(17-22)15-20-13-23-21(27-20)24(2)3/h4,6-7,12-13H,5,8-11,14-17H2,1-3H3/t22-/m0/s1. The molecule has 2 aromatic rings. The number of nitrogens with zero attached hydrogens (tertiary/aromatic N) is 4. The molecule has 0 aliphatic carbocycles.